The van der Waals surface area contributed by atoms with E-state index in [1.165, 1.54) is 37.7 Å². The van der Waals surface area contributed by atoms with Crippen molar-refractivity contribution in [3.63, 3.8) is 0 Å². The number of likely N-dealkylation sites (tertiary alicyclic amines) is 1. The number of nitrogens with one attached hydrogen (secondary N) is 3. The Morgan fingerprint density at radius 2 is 2.04 bits per heavy atom. The number of fused-ring (bicyclic) bond motifs is 1. The molecule has 2 aromatic rings. The van der Waals surface area contributed by atoms with Crippen molar-refractivity contribution in [3.05, 3.63) is 23.8 Å². The summed E-state index contributed by atoms with van der Waals surface area (Å²) in [7, 11) is 0. The second-order valence-electron chi connectivity index (χ2n) is 8.28. The molecule has 1 saturated heterocycles. The Balaban J connectivity index is 1.20. The van der Waals surface area contributed by atoms with E-state index < -0.39 is 0 Å². The lowest BCUT2D eigenvalue weighted by Gasteiger charge is -2.46. The number of carbonyl (C=O) groups excluding carboxylic acids is 1. The van der Waals surface area contributed by atoms with Gasteiger partial charge in [0.15, 0.2) is 5.82 Å². The summed E-state index contributed by atoms with van der Waals surface area (Å²) in [5.41, 5.74) is 2.16. The normalized spacial score (nSPS) is 23.9. The summed E-state index contributed by atoms with van der Waals surface area (Å²) in [5, 5.41) is 14.6. The Bertz CT molecular complexity index is 787. The van der Waals surface area contributed by atoms with E-state index in [1.54, 1.807) is 0 Å². The molecule has 27 heavy (non-hydrogen) atoms. The van der Waals surface area contributed by atoms with E-state index in [2.05, 4.69) is 45.6 Å². The van der Waals surface area contributed by atoms with Crippen LogP contribution in [0.15, 0.2) is 18.2 Å². The predicted molar refractivity (Wildman–Crippen MR) is 109 cm³/mol. The van der Waals surface area contributed by atoms with Crippen LogP contribution in [0.1, 0.15) is 44.6 Å². The first-order valence-corrected chi connectivity index (χ1v) is 10.3. The summed E-state index contributed by atoms with van der Waals surface area (Å²) < 4.78 is 0. The van der Waals surface area contributed by atoms with Crippen LogP contribution in [0.2, 0.25) is 0 Å². The molecule has 6 heteroatoms. The molecule has 2 fully saturated rings. The van der Waals surface area contributed by atoms with Crippen molar-refractivity contribution in [2.75, 3.05) is 25.0 Å². The molecule has 3 N–H and O–H groups in total. The van der Waals surface area contributed by atoms with Crippen molar-refractivity contribution >= 4 is 22.6 Å². The molecule has 1 saturated carbocycles. The average Bonchev–Trinajstić information content (AvgIpc) is 3.05. The standard InChI is InChI=1S/C21H31N5O/c1-3-15-5-7-17(8-6-15)26-12-16(13-26)23-20(27)11-22-21-18-10-14(2)4-9-19(18)24-25-21/h4,9-10,15-17H,3,5-8,11-13H2,1-2H3,(H,23,27)(H2,22,24,25). The van der Waals surface area contributed by atoms with E-state index in [-0.39, 0.29) is 12.5 Å². The highest BCUT2D eigenvalue weighted by atomic mass is 16.2. The van der Waals surface area contributed by atoms with Gasteiger partial charge in [-0.1, -0.05) is 25.0 Å². The topological polar surface area (TPSA) is 73.1 Å². The number of anilines is 1. The number of nitrogens with zero attached hydrogens (tertiary/aromatic N) is 2. The largest absolute Gasteiger partial charge is 0.359 e. The number of aryl methyl sites for hydroxylation is 1. The van der Waals surface area contributed by atoms with Crippen molar-refractivity contribution in [1.82, 2.24) is 20.4 Å². The van der Waals surface area contributed by atoms with Gasteiger partial charge in [0, 0.05) is 24.5 Å². The van der Waals surface area contributed by atoms with Crippen molar-refractivity contribution in [2.45, 2.75) is 58.0 Å². The molecule has 1 aromatic carbocycles. The molecule has 0 bridgehead atoms. The number of hydrogen-bond acceptors (Lipinski definition) is 4. The summed E-state index contributed by atoms with van der Waals surface area (Å²) in [4.78, 5) is 14.8. The highest BCUT2D eigenvalue weighted by molar-refractivity contribution is 5.92. The summed E-state index contributed by atoms with van der Waals surface area (Å²) >= 11 is 0. The Morgan fingerprint density at radius 1 is 1.26 bits per heavy atom. The van der Waals surface area contributed by atoms with Gasteiger partial charge in [0.05, 0.1) is 18.1 Å². The molecule has 6 nitrogen and oxygen atoms in total. The predicted octanol–water partition coefficient (Wildman–Crippen LogP) is 3.05. The van der Waals surface area contributed by atoms with Crippen LogP contribution in [0.4, 0.5) is 5.82 Å². The maximum Gasteiger partial charge on any atom is 0.239 e. The van der Waals surface area contributed by atoms with Gasteiger partial charge in [0.1, 0.15) is 0 Å². The molecule has 4 rings (SSSR count). The molecule has 1 aliphatic carbocycles. The van der Waals surface area contributed by atoms with Crippen molar-refractivity contribution < 1.29 is 4.79 Å². The van der Waals surface area contributed by atoms with Crippen LogP contribution < -0.4 is 10.6 Å². The summed E-state index contributed by atoms with van der Waals surface area (Å²) in [6.07, 6.45) is 6.72. The second-order valence-corrected chi connectivity index (χ2v) is 8.28. The van der Waals surface area contributed by atoms with Crippen LogP contribution in [-0.4, -0.2) is 52.7 Å². The number of H-pyrrole nitrogens is 1. The van der Waals surface area contributed by atoms with Gasteiger partial charge in [0.2, 0.25) is 5.91 Å². The van der Waals surface area contributed by atoms with Gasteiger partial charge < -0.3 is 10.6 Å². The Morgan fingerprint density at radius 3 is 2.78 bits per heavy atom. The maximum atomic E-state index is 12.3. The summed E-state index contributed by atoms with van der Waals surface area (Å²) in [6.45, 7) is 6.61. The van der Waals surface area contributed by atoms with Crippen LogP contribution in [0.3, 0.4) is 0 Å². The molecule has 1 amide bonds. The fourth-order valence-electron chi connectivity index (χ4n) is 4.53. The lowest BCUT2D eigenvalue weighted by Crippen LogP contribution is -2.63. The lowest BCUT2D eigenvalue weighted by atomic mass is 9.83. The molecule has 0 atom stereocenters. The molecule has 0 unspecified atom stereocenters. The number of carbonyl (C=O) groups is 1. The number of hydrogen-bond donors (Lipinski definition) is 3. The maximum absolute atomic E-state index is 12.3. The minimum Gasteiger partial charge on any atom is -0.359 e. The molecule has 1 aliphatic heterocycles. The van der Waals surface area contributed by atoms with E-state index in [1.807, 2.05) is 12.1 Å². The molecular weight excluding hydrogens is 338 g/mol. The molecule has 2 heterocycles. The van der Waals surface area contributed by atoms with Crippen molar-refractivity contribution in [2.24, 2.45) is 5.92 Å². The highest BCUT2D eigenvalue weighted by Gasteiger charge is 2.34. The van der Waals surface area contributed by atoms with E-state index >= 15 is 0 Å². The average molecular weight is 370 g/mol. The highest BCUT2D eigenvalue weighted by Crippen LogP contribution is 2.31. The van der Waals surface area contributed by atoms with E-state index in [0.717, 1.165) is 41.8 Å². The van der Waals surface area contributed by atoms with Gasteiger partial charge in [-0.05, 0) is 50.7 Å². The fraction of sp³-hybridized carbons (Fsp3) is 0.619. The second kappa shape index (κ2) is 7.89. The summed E-state index contributed by atoms with van der Waals surface area (Å²) in [6, 6.07) is 7.17. The first kappa shape index (κ1) is 18.3. The zero-order valence-electron chi connectivity index (χ0n) is 16.4. The lowest BCUT2D eigenvalue weighted by molar-refractivity contribution is -0.121. The van der Waals surface area contributed by atoms with Crippen LogP contribution in [0, 0.1) is 12.8 Å². The Labute approximate surface area is 161 Å². The van der Waals surface area contributed by atoms with Crippen LogP contribution >= 0.6 is 0 Å². The first-order chi connectivity index (χ1) is 13.1. The third-order valence-corrected chi connectivity index (χ3v) is 6.32. The number of rotatable bonds is 6. The zero-order valence-corrected chi connectivity index (χ0v) is 16.4. The van der Waals surface area contributed by atoms with E-state index in [4.69, 9.17) is 0 Å². The molecule has 1 aromatic heterocycles. The molecule has 0 spiro atoms. The van der Waals surface area contributed by atoms with Crippen LogP contribution in [0.25, 0.3) is 10.9 Å². The SMILES string of the molecule is CCC1CCC(N2CC(NC(=O)CNc3n[nH]c4ccc(C)cc34)C2)CC1. The monoisotopic (exact) mass is 369 g/mol. The van der Waals surface area contributed by atoms with Gasteiger partial charge in [-0.3, -0.25) is 14.8 Å². The Hall–Kier alpha value is -2.08. The Kier molecular flexibility index (Phi) is 5.34. The fourth-order valence-corrected chi connectivity index (χ4v) is 4.53. The first-order valence-electron chi connectivity index (χ1n) is 10.3. The number of aromatic amines is 1. The minimum absolute atomic E-state index is 0.0399. The third-order valence-electron chi connectivity index (χ3n) is 6.32. The summed E-state index contributed by atoms with van der Waals surface area (Å²) in [5.74, 6) is 1.72. The number of amides is 1. The quantitative estimate of drug-likeness (QED) is 0.732. The van der Waals surface area contributed by atoms with Crippen molar-refractivity contribution in [3.8, 4) is 0 Å². The van der Waals surface area contributed by atoms with Gasteiger partial charge >= 0.3 is 0 Å². The number of benzene rings is 1. The van der Waals surface area contributed by atoms with Gasteiger partial charge in [-0.2, -0.15) is 5.10 Å². The van der Waals surface area contributed by atoms with Gasteiger partial charge in [-0.15, -0.1) is 0 Å². The smallest absolute Gasteiger partial charge is 0.239 e. The van der Waals surface area contributed by atoms with Crippen molar-refractivity contribution in [1.29, 1.82) is 0 Å². The zero-order chi connectivity index (χ0) is 18.8. The van der Waals surface area contributed by atoms with Crippen LogP contribution in [-0.2, 0) is 4.79 Å². The molecular formula is C21H31N5O. The van der Waals surface area contributed by atoms with E-state index in [9.17, 15) is 4.79 Å². The number of aromatic nitrogens is 2. The van der Waals surface area contributed by atoms with Gasteiger partial charge in [0.25, 0.3) is 0 Å². The minimum atomic E-state index is 0.0399. The third kappa shape index (κ3) is 4.10. The molecule has 2 aliphatic rings. The van der Waals surface area contributed by atoms with Gasteiger partial charge in [-0.25, -0.2) is 0 Å². The van der Waals surface area contributed by atoms with E-state index in [0.29, 0.717) is 6.04 Å². The molecule has 0 radical (unpaired) electrons. The molecule has 146 valence electrons. The van der Waals surface area contributed by atoms with Crippen LogP contribution in [0.5, 0.6) is 0 Å².